The largest absolute Gasteiger partial charge is 0.508 e. The maximum Gasteiger partial charge on any atom is 0.176 e. The number of phenols is 2. The molecule has 1 saturated carbocycles. The first-order valence-corrected chi connectivity index (χ1v) is 11.5. The molecule has 2 N–H and O–H groups in total. The molecule has 2 fully saturated rings. The number of nitrogens with zero attached hydrogens (tertiary/aromatic N) is 1. The Morgan fingerprint density at radius 2 is 1.45 bits per heavy atom. The van der Waals surface area contributed by atoms with Crippen LogP contribution in [0.2, 0.25) is 0 Å². The number of carbonyl (C=O) groups excluding carboxylic acids is 1. The fourth-order valence-corrected chi connectivity index (χ4v) is 5.16. The predicted octanol–water partition coefficient (Wildman–Crippen LogP) is 5.31. The van der Waals surface area contributed by atoms with E-state index in [4.69, 9.17) is 5.11 Å². The monoisotopic (exact) mass is 447 g/mol. The third-order valence-electron chi connectivity index (χ3n) is 6.70. The van der Waals surface area contributed by atoms with Crippen LogP contribution in [0.1, 0.15) is 28.8 Å². The number of Topliss-reactive ketones (excluding diaryl/α,β-unsaturated/α-hetero) is 1. The highest BCUT2D eigenvalue weighted by molar-refractivity contribution is 5.97. The second kappa shape index (κ2) is 10.6. The van der Waals surface area contributed by atoms with Crippen molar-refractivity contribution >= 4 is 5.78 Å². The molecule has 0 aromatic heterocycles. The third kappa shape index (κ3) is 6.20. The van der Waals surface area contributed by atoms with Gasteiger partial charge in [-0.3, -0.25) is 9.69 Å². The first kappa shape index (κ1) is 23.0. The number of ketones is 1. The summed E-state index contributed by atoms with van der Waals surface area (Å²) >= 11 is 0. The summed E-state index contributed by atoms with van der Waals surface area (Å²) in [5.74, 6) is 1.78. The topological polar surface area (TPSA) is 60.8 Å². The summed E-state index contributed by atoms with van der Waals surface area (Å²) in [4.78, 5) is 14.7. The van der Waals surface area contributed by atoms with Crippen molar-refractivity contribution in [3.63, 3.8) is 0 Å². The van der Waals surface area contributed by atoms with Gasteiger partial charge >= 0.3 is 0 Å². The molecule has 5 rings (SSSR count). The van der Waals surface area contributed by atoms with Crippen molar-refractivity contribution in [1.29, 1.82) is 0 Å². The van der Waals surface area contributed by atoms with E-state index in [1.165, 1.54) is 43.0 Å². The molecule has 3 atom stereocenters. The molecule has 2 aliphatic rings. The zero-order valence-electron chi connectivity index (χ0n) is 18.6. The van der Waals surface area contributed by atoms with Crippen LogP contribution in [0.3, 0.4) is 0 Å². The highest BCUT2D eigenvalue weighted by atomic mass is 19.1. The van der Waals surface area contributed by atoms with Gasteiger partial charge < -0.3 is 10.2 Å². The van der Waals surface area contributed by atoms with Crippen molar-refractivity contribution in [2.24, 2.45) is 17.8 Å². The molecule has 0 amide bonds. The minimum atomic E-state index is -0.576. The van der Waals surface area contributed by atoms with E-state index in [2.05, 4.69) is 35.2 Å². The molecule has 1 heterocycles. The van der Waals surface area contributed by atoms with Gasteiger partial charge in [0.05, 0.1) is 6.54 Å². The Labute approximate surface area is 194 Å². The predicted molar refractivity (Wildman–Crippen MR) is 127 cm³/mol. The third-order valence-corrected chi connectivity index (χ3v) is 6.70. The summed E-state index contributed by atoms with van der Waals surface area (Å²) in [5.41, 5.74) is 2.14. The summed E-state index contributed by atoms with van der Waals surface area (Å²) < 4.78 is 12.1. The van der Waals surface area contributed by atoms with Gasteiger partial charge in [0.25, 0.3) is 0 Å². The number of aromatic hydroxyl groups is 2. The van der Waals surface area contributed by atoms with Gasteiger partial charge in [0.1, 0.15) is 5.75 Å². The van der Waals surface area contributed by atoms with Gasteiger partial charge in [-0.1, -0.05) is 42.5 Å². The molecule has 0 spiro atoms. The molecule has 3 aromatic rings. The van der Waals surface area contributed by atoms with Crippen LogP contribution < -0.4 is 0 Å². The Balaban J connectivity index is 0.000000275. The number of hydrogen-bond acceptors (Lipinski definition) is 4. The van der Waals surface area contributed by atoms with Crippen molar-refractivity contribution in [3.05, 3.63) is 95.8 Å². The molecule has 33 heavy (non-hydrogen) atoms. The summed E-state index contributed by atoms with van der Waals surface area (Å²) in [6.45, 7) is 2.61. The number of hydrogen-bond donors (Lipinski definition) is 2. The lowest BCUT2D eigenvalue weighted by Gasteiger charge is -2.18. The fraction of sp³-hybridized carbons (Fsp3) is 0.321. The number of benzene rings is 3. The summed E-state index contributed by atoms with van der Waals surface area (Å²) in [6, 6.07) is 23.0. The number of rotatable bonds is 5. The van der Waals surface area contributed by atoms with Crippen LogP contribution >= 0.6 is 0 Å². The average molecular weight is 448 g/mol. The number of phenolic OH excluding ortho intramolecular Hbond substituents is 2. The van der Waals surface area contributed by atoms with Crippen LogP contribution in [0.25, 0.3) is 0 Å². The molecule has 1 unspecified atom stereocenters. The molecular formula is C28H30FNO3. The molecule has 3 aromatic carbocycles. The van der Waals surface area contributed by atoms with Gasteiger partial charge in [-0.25, -0.2) is 4.39 Å². The van der Waals surface area contributed by atoms with E-state index in [0.29, 0.717) is 12.1 Å². The van der Waals surface area contributed by atoms with Crippen molar-refractivity contribution in [1.82, 2.24) is 4.90 Å². The smallest absolute Gasteiger partial charge is 0.176 e. The van der Waals surface area contributed by atoms with Gasteiger partial charge in [-0.05, 0) is 79.0 Å². The lowest BCUT2D eigenvalue weighted by Crippen LogP contribution is -2.29. The van der Waals surface area contributed by atoms with E-state index in [9.17, 15) is 14.3 Å². The Morgan fingerprint density at radius 1 is 0.848 bits per heavy atom. The molecule has 1 aliphatic heterocycles. The quantitative estimate of drug-likeness (QED) is 0.521. The maximum atomic E-state index is 12.4. The summed E-state index contributed by atoms with van der Waals surface area (Å²) in [7, 11) is 0. The molecule has 0 bridgehead atoms. The first-order valence-electron chi connectivity index (χ1n) is 11.5. The molecule has 1 aliphatic carbocycles. The average Bonchev–Trinajstić information content (AvgIpc) is 3.35. The maximum absolute atomic E-state index is 12.4. The number of halogens is 1. The lowest BCUT2D eigenvalue weighted by molar-refractivity contribution is 0.0940. The Bertz CT molecular complexity index is 1020. The Kier molecular flexibility index (Phi) is 7.40. The van der Waals surface area contributed by atoms with E-state index < -0.39 is 5.82 Å². The minimum absolute atomic E-state index is 0.154. The second-order valence-corrected chi connectivity index (χ2v) is 9.16. The highest BCUT2D eigenvalue weighted by Gasteiger charge is 2.40. The number of fused-ring (bicyclic) bond motifs is 1. The summed E-state index contributed by atoms with van der Waals surface area (Å²) in [6.07, 6.45) is 3.78. The van der Waals surface area contributed by atoms with Gasteiger partial charge in [0, 0.05) is 18.7 Å². The molecular weight excluding hydrogens is 417 g/mol. The van der Waals surface area contributed by atoms with E-state index >= 15 is 0 Å². The van der Waals surface area contributed by atoms with Crippen LogP contribution in [0.4, 0.5) is 4.39 Å². The normalized spacial score (nSPS) is 21.8. The van der Waals surface area contributed by atoms with Crippen LogP contribution in [-0.4, -0.2) is 40.5 Å². The zero-order valence-corrected chi connectivity index (χ0v) is 18.6. The van der Waals surface area contributed by atoms with Gasteiger partial charge in [-0.2, -0.15) is 0 Å². The van der Waals surface area contributed by atoms with Crippen LogP contribution in [0.15, 0.2) is 78.9 Å². The standard InChI is InChI=1S/C22H25NO2.C6H5FO/c24-21-8-6-18(7-9-21)22(25)15-23-13-19-11-17(12-20(19)14-23)10-16-4-2-1-3-5-16;7-5-3-1-2-4-6(5)8/h1-9,17,19-20,24H,10-15H2;1-4,8H/t17?,19-,20+;. The number of likely N-dealkylation sites (tertiary alicyclic amines) is 1. The van der Waals surface area contributed by atoms with Gasteiger partial charge in [-0.15, -0.1) is 0 Å². The number of para-hydroxylation sites is 1. The fourth-order valence-electron chi connectivity index (χ4n) is 5.16. The first-order chi connectivity index (χ1) is 16.0. The van der Waals surface area contributed by atoms with Crippen LogP contribution in [0.5, 0.6) is 11.5 Å². The minimum Gasteiger partial charge on any atom is -0.508 e. The van der Waals surface area contributed by atoms with Crippen molar-refractivity contribution < 1.29 is 19.4 Å². The van der Waals surface area contributed by atoms with Crippen molar-refractivity contribution in [2.75, 3.05) is 19.6 Å². The second-order valence-electron chi connectivity index (χ2n) is 9.16. The lowest BCUT2D eigenvalue weighted by atomic mass is 9.96. The highest BCUT2D eigenvalue weighted by Crippen LogP contribution is 2.42. The Morgan fingerprint density at radius 3 is 2.03 bits per heavy atom. The molecule has 1 saturated heterocycles. The van der Waals surface area contributed by atoms with Crippen LogP contribution in [-0.2, 0) is 6.42 Å². The van der Waals surface area contributed by atoms with Gasteiger partial charge in [0.15, 0.2) is 17.3 Å². The molecule has 0 radical (unpaired) electrons. The Hall–Kier alpha value is -3.18. The molecule has 5 heteroatoms. The molecule has 4 nitrogen and oxygen atoms in total. The van der Waals surface area contributed by atoms with Crippen molar-refractivity contribution in [2.45, 2.75) is 19.3 Å². The number of carbonyl (C=O) groups is 1. The van der Waals surface area contributed by atoms with E-state index in [1.54, 1.807) is 30.3 Å². The van der Waals surface area contributed by atoms with E-state index in [0.717, 1.165) is 30.8 Å². The SMILES string of the molecule is O=C(CN1C[C@H]2CC(Cc3ccccc3)C[C@H]2C1)c1ccc(O)cc1.Oc1ccccc1F. The zero-order chi connectivity index (χ0) is 23.2. The van der Waals surface area contributed by atoms with Crippen LogP contribution in [0, 0.1) is 23.6 Å². The summed E-state index contributed by atoms with van der Waals surface area (Å²) in [5, 5.41) is 17.9. The van der Waals surface area contributed by atoms with E-state index in [1.807, 2.05) is 0 Å². The van der Waals surface area contributed by atoms with Gasteiger partial charge in [0.2, 0.25) is 0 Å². The molecule has 172 valence electrons. The van der Waals surface area contributed by atoms with E-state index in [-0.39, 0.29) is 17.3 Å². The van der Waals surface area contributed by atoms with Crippen molar-refractivity contribution in [3.8, 4) is 11.5 Å².